The van der Waals surface area contributed by atoms with E-state index in [2.05, 4.69) is 23.2 Å². The summed E-state index contributed by atoms with van der Waals surface area (Å²) in [5.74, 6) is -0.203. The van der Waals surface area contributed by atoms with E-state index in [1.54, 1.807) is 0 Å². The van der Waals surface area contributed by atoms with E-state index in [9.17, 15) is 4.39 Å². The van der Waals surface area contributed by atoms with Crippen LogP contribution in [0.1, 0.15) is 5.69 Å². The fourth-order valence-electron chi connectivity index (χ4n) is 2.18. The molecule has 2 heteroatoms. The Morgan fingerprint density at radius 2 is 1.76 bits per heavy atom. The molecule has 2 aromatic carbocycles. The number of aromatic amines is 1. The van der Waals surface area contributed by atoms with Crippen LogP contribution in [0.25, 0.3) is 22.0 Å². The summed E-state index contributed by atoms with van der Waals surface area (Å²) in [6.07, 6.45) is 0. The molecule has 0 radical (unpaired) electrons. The van der Waals surface area contributed by atoms with Crippen molar-refractivity contribution in [1.82, 2.24) is 4.98 Å². The van der Waals surface area contributed by atoms with Gasteiger partial charge in [0.2, 0.25) is 0 Å². The first kappa shape index (κ1) is 10.1. The van der Waals surface area contributed by atoms with Crippen molar-refractivity contribution in [2.45, 2.75) is 6.92 Å². The smallest absolute Gasteiger partial charge is 0.123 e. The summed E-state index contributed by atoms with van der Waals surface area (Å²) in [7, 11) is 0. The topological polar surface area (TPSA) is 15.8 Å². The summed E-state index contributed by atoms with van der Waals surface area (Å²) in [5, 5.41) is 1.18. The van der Waals surface area contributed by atoms with E-state index in [1.165, 1.54) is 17.5 Å². The Morgan fingerprint density at radius 3 is 2.53 bits per heavy atom. The first-order valence-electron chi connectivity index (χ1n) is 5.58. The molecule has 0 unspecified atom stereocenters. The second-order valence-electron chi connectivity index (χ2n) is 4.23. The molecule has 0 atom stereocenters. The molecular formula is C15H12FN. The van der Waals surface area contributed by atoms with Crippen molar-refractivity contribution in [3.05, 3.63) is 60.0 Å². The van der Waals surface area contributed by atoms with Crippen LogP contribution in [0.4, 0.5) is 4.39 Å². The minimum atomic E-state index is -0.203. The summed E-state index contributed by atoms with van der Waals surface area (Å²) >= 11 is 0. The summed E-state index contributed by atoms with van der Waals surface area (Å²) in [4.78, 5) is 3.31. The van der Waals surface area contributed by atoms with Crippen LogP contribution in [0.15, 0.2) is 48.5 Å². The van der Waals surface area contributed by atoms with Crippen LogP contribution in [-0.4, -0.2) is 4.98 Å². The molecule has 1 nitrogen and oxygen atoms in total. The number of aryl methyl sites for hydroxylation is 1. The molecule has 3 rings (SSSR count). The Labute approximate surface area is 98.9 Å². The van der Waals surface area contributed by atoms with Gasteiger partial charge >= 0.3 is 0 Å². The highest BCUT2D eigenvalue weighted by Crippen LogP contribution is 2.29. The second-order valence-corrected chi connectivity index (χ2v) is 4.23. The molecule has 0 spiro atoms. The van der Waals surface area contributed by atoms with Gasteiger partial charge in [-0.2, -0.15) is 0 Å². The lowest BCUT2D eigenvalue weighted by Gasteiger charge is -2.03. The van der Waals surface area contributed by atoms with Crippen molar-refractivity contribution >= 4 is 10.9 Å². The van der Waals surface area contributed by atoms with Crippen LogP contribution in [0.5, 0.6) is 0 Å². The molecule has 0 aliphatic heterocycles. The highest BCUT2D eigenvalue weighted by Gasteiger charge is 2.05. The maximum absolute atomic E-state index is 12.9. The van der Waals surface area contributed by atoms with Crippen molar-refractivity contribution < 1.29 is 4.39 Å². The zero-order valence-electron chi connectivity index (χ0n) is 9.50. The van der Waals surface area contributed by atoms with E-state index >= 15 is 0 Å². The quantitative estimate of drug-likeness (QED) is 0.636. The SMILES string of the molecule is Cc1cc2c(-c3ccc(F)cc3)cccc2[nH]1. The van der Waals surface area contributed by atoms with Crippen LogP contribution in [0.2, 0.25) is 0 Å². The lowest BCUT2D eigenvalue weighted by Crippen LogP contribution is -1.80. The number of aromatic nitrogens is 1. The first-order chi connectivity index (χ1) is 8.24. The molecule has 1 N–H and O–H groups in total. The molecule has 0 amide bonds. The van der Waals surface area contributed by atoms with Crippen LogP contribution >= 0.6 is 0 Å². The Hall–Kier alpha value is -2.09. The Balaban J connectivity index is 2.26. The highest BCUT2D eigenvalue weighted by molar-refractivity contribution is 5.95. The summed E-state index contributed by atoms with van der Waals surface area (Å²) in [6.45, 7) is 2.04. The van der Waals surface area contributed by atoms with E-state index in [0.29, 0.717) is 0 Å². The zero-order valence-corrected chi connectivity index (χ0v) is 9.50. The summed E-state index contributed by atoms with van der Waals surface area (Å²) in [5.41, 5.74) is 4.42. The van der Waals surface area contributed by atoms with E-state index < -0.39 is 0 Å². The van der Waals surface area contributed by atoms with Gasteiger partial charge in [0.15, 0.2) is 0 Å². The Morgan fingerprint density at radius 1 is 1.00 bits per heavy atom. The number of nitrogens with one attached hydrogen (secondary N) is 1. The largest absolute Gasteiger partial charge is 0.359 e. The average Bonchev–Trinajstić information content (AvgIpc) is 2.70. The number of hydrogen-bond acceptors (Lipinski definition) is 0. The maximum atomic E-state index is 12.9. The molecule has 3 aromatic rings. The van der Waals surface area contributed by atoms with E-state index in [-0.39, 0.29) is 5.82 Å². The molecule has 0 fully saturated rings. The van der Waals surface area contributed by atoms with Gasteiger partial charge in [0.05, 0.1) is 0 Å². The van der Waals surface area contributed by atoms with Crippen molar-refractivity contribution in [2.24, 2.45) is 0 Å². The monoisotopic (exact) mass is 225 g/mol. The predicted octanol–water partition coefficient (Wildman–Crippen LogP) is 4.28. The molecular weight excluding hydrogens is 213 g/mol. The van der Waals surface area contributed by atoms with Gasteiger partial charge in [0.1, 0.15) is 5.82 Å². The molecule has 0 saturated carbocycles. The molecule has 1 aromatic heterocycles. The van der Waals surface area contributed by atoms with Crippen LogP contribution in [-0.2, 0) is 0 Å². The van der Waals surface area contributed by atoms with Crippen LogP contribution < -0.4 is 0 Å². The van der Waals surface area contributed by atoms with Gasteiger partial charge in [-0.3, -0.25) is 0 Å². The van der Waals surface area contributed by atoms with Crippen molar-refractivity contribution in [3.63, 3.8) is 0 Å². The van der Waals surface area contributed by atoms with Gasteiger partial charge in [-0.1, -0.05) is 24.3 Å². The fraction of sp³-hybridized carbons (Fsp3) is 0.0667. The predicted molar refractivity (Wildman–Crippen MR) is 68.4 cm³/mol. The number of hydrogen-bond donors (Lipinski definition) is 1. The third kappa shape index (κ3) is 1.72. The second kappa shape index (κ2) is 3.74. The van der Waals surface area contributed by atoms with Crippen LogP contribution in [0, 0.1) is 12.7 Å². The van der Waals surface area contributed by atoms with Crippen molar-refractivity contribution in [2.75, 3.05) is 0 Å². The van der Waals surface area contributed by atoms with Gasteiger partial charge in [0.25, 0.3) is 0 Å². The zero-order chi connectivity index (χ0) is 11.8. The maximum Gasteiger partial charge on any atom is 0.123 e. The van der Waals surface area contributed by atoms with Crippen LogP contribution in [0.3, 0.4) is 0 Å². The third-order valence-corrected chi connectivity index (χ3v) is 2.95. The summed E-state index contributed by atoms with van der Waals surface area (Å²) in [6, 6.07) is 14.9. The molecule has 84 valence electrons. The van der Waals surface area contributed by atoms with E-state index in [0.717, 1.165) is 22.3 Å². The van der Waals surface area contributed by atoms with E-state index in [4.69, 9.17) is 0 Å². The van der Waals surface area contributed by atoms with Gasteiger partial charge in [0, 0.05) is 16.6 Å². The molecule has 1 heterocycles. The van der Waals surface area contributed by atoms with Gasteiger partial charge < -0.3 is 4.98 Å². The van der Waals surface area contributed by atoms with E-state index in [1.807, 2.05) is 25.1 Å². The first-order valence-corrected chi connectivity index (χ1v) is 5.58. The molecule has 0 saturated heterocycles. The summed E-state index contributed by atoms with van der Waals surface area (Å²) < 4.78 is 12.9. The number of fused-ring (bicyclic) bond motifs is 1. The van der Waals surface area contributed by atoms with Gasteiger partial charge in [-0.25, -0.2) is 4.39 Å². The minimum absolute atomic E-state index is 0.203. The number of H-pyrrole nitrogens is 1. The lowest BCUT2D eigenvalue weighted by atomic mass is 10.0. The molecule has 0 bridgehead atoms. The fourth-order valence-corrected chi connectivity index (χ4v) is 2.18. The molecule has 17 heavy (non-hydrogen) atoms. The lowest BCUT2D eigenvalue weighted by molar-refractivity contribution is 0.628. The minimum Gasteiger partial charge on any atom is -0.359 e. The van der Waals surface area contributed by atoms with Crippen molar-refractivity contribution in [3.8, 4) is 11.1 Å². The Kier molecular flexibility index (Phi) is 2.22. The molecule has 0 aliphatic rings. The highest BCUT2D eigenvalue weighted by atomic mass is 19.1. The average molecular weight is 225 g/mol. The van der Waals surface area contributed by atoms with Crippen molar-refractivity contribution in [1.29, 1.82) is 0 Å². The third-order valence-electron chi connectivity index (χ3n) is 2.95. The Bertz CT molecular complexity index is 665. The normalized spacial score (nSPS) is 10.9. The number of rotatable bonds is 1. The number of benzene rings is 2. The number of halogens is 1. The molecule has 0 aliphatic carbocycles. The standard InChI is InChI=1S/C15H12FN/c1-10-9-14-13(3-2-4-15(14)17-10)11-5-7-12(16)8-6-11/h2-9,17H,1H3. The van der Waals surface area contributed by atoms with Gasteiger partial charge in [-0.05, 0) is 42.3 Å². The van der Waals surface area contributed by atoms with Gasteiger partial charge in [-0.15, -0.1) is 0 Å².